The van der Waals surface area contributed by atoms with Crippen LogP contribution in [0, 0.1) is 0 Å². The van der Waals surface area contributed by atoms with Crippen molar-refractivity contribution in [2.75, 3.05) is 0 Å². The summed E-state index contributed by atoms with van der Waals surface area (Å²) < 4.78 is 6.50. The van der Waals surface area contributed by atoms with E-state index >= 15 is 0 Å². The number of halogens is 1. The molecule has 0 saturated heterocycles. The number of carboxylic acids is 1. The van der Waals surface area contributed by atoms with Crippen LogP contribution in [-0.4, -0.2) is 17.2 Å². The lowest BCUT2D eigenvalue weighted by Gasteiger charge is -2.08. The molecule has 1 aliphatic carbocycles. The maximum atomic E-state index is 11.1. The molecule has 3 rings (SSSR count). The lowest BCUT2D eigenvalue weighted by atomic mass is 9.97. The lowest BCUT2D eigenvalue weighted by Crippen LogP contribution is -2.12. The molecule has 4 heteroatoms. The Morgan fingerprint density at radius 1 is 1.50 bits per heavy atom. The van der Waals surface area contributed by atoms with E-state index in [1.807, 2.05) is 6.07 Å². The van der Waals surface area contributed by atoms with E-state index in [9.17, 15) is 4.79 Å². The van der Waals surface area contributed by atoms with Gasteiger partial charge in [-0.3, -0.25) is 0 Å². The molecule has 0 fully saturated rings. The number of ether oxygens (including phenoxy) is 1. The van der Waals surface area contributed by atoms with Gasteiger partial charge in [-0.05, 0) is 12.1 Å². The lowest BCUT2D eigenvalue weighted by molar-refractivity contribution is 0.0691. The highest BCUT2D eigenvalue weighted by atomic mass is 79.9. The Morgan fingerprint density at radius 3 is 3.06 bits per heavy atom. The van der Waals surface area contributed by atoms with Gasteiger partial charge in [0.25, 0.3) is 0 Å². The molecule has 0 bridgehead atoms. The first-order valence-electron chi connectivity index (χ1n) is 5.07. The molecule has 0 unspecified atom stereocenters. The third-order valence-corrected chi connectivity index (χ3v) is 3.51. The molecule has 2 atom stereocenters. The molecular weight excluding hydrogens is 272 g/mol. The summed E-state index contributed by atoms with van der Waals surface area (Å²) in [6.07, 6.45) is 5.12. The number of rotatable bonds is 1. The molecule has 1 aromatic rings. The van der Waals surface area contributed by atoms with Gasteiger partial charge in [0.05, 0.1) is 0 Å². The van der Waals surface area contributed by atoms with Gasteiger partial charge >= 0.3 is 5.97 Å². The van der Waals surface area contributed by atoms with Gasteiger partial charge in [0, 0.05) is 22.4 Å². The summed E-state index contributed by atoms with van der Waals surface area (Å²) in [6, 6.07) is 3.54. The molecule has 0 radical (unpaired) electrons. The SMILES string of the molecule is O=C(O)c1cc(Br)cc2c1O[C@@H]1CC=C[C@H]21. The highest BCUT2D eigenvalue weighted by Gasteiger charge is 2.37. The Hall–Kier alpha value is -1.29. The van der Waals surface area contributed by atoms with Crippen LogP contribution in [0.2, 0.25) is 0 Å². The van der Waals surface area contributed by atoms with Crippen molar-refractivity contribution in [2.45, 2.75) is 18.4 Å². The van der Waals surface area contributed by atoms with Crippen molar-refractivity contribution in [1.82, 2.24) is 0 Å². The molecule has 16 heavy (non-hydrogen) atoms. The molecular formula is C12H9BrO3. The number of fused-ring (bicyclic) bond motifs is 3. The fourth-order valence-corrected chi connectivity index (χ4v) is 2.83. The number of carboxylic acid groups (broad SMARTS) is 1. The number of hydrogen-bond donors (Lipinski definition) is 1. The Balaban J connectivity index is 2.20. The van der Waals surface area contributed by atoms with Gasteiger partial charge in [0.15, 0.2) is 0 Å². The van der Waals surface area contributed by atoms with Gasteiger partial charge in [0.2, 0.25) is 0 Å². The fraction of sp³-hybridized carbons (Fsp3) is 0.250. The summed E-state index contributed by atoms with van der Waals surface area (Å²) in [5, 5.41) is 9.12. The van der Waals surface area contributed by atoms with Crippen LogP contribution in [0.15, 0.2) is 28.8 Å². The average Bonchev–Trinajstić information content (AvgIpc) is 2.77. The van der Waals surface area contributed by atoms with Crippen LogP contribution in [0.25, 0.3) is 0 Å². The second kappa shape index (κ2) is 3.35. The van der Waals surface area contributed by atoms with E-state index in [1.165, 1.54) is 0 Å². The highest BCUT2D eigenvalue weighted by Crippen LogP contribution is 2.46. The predicted octanol–water partition coefficient (Wildman–Crippen LogP) is 2.95. The normalized spacial score (nSPS) is 25.1. The zero-order valence-electron chi connectivity index (χ0n) is 8.31. The molecule has 0 saturated carbocycles. The number of hydrogen-bond acceptors (Lipinski definition) is 2. The summed E-state index contributed by atoms with van der Waals surface area (Å²) >= 11 is 3.34. The molecule has 82 valence electrons. The largest absolute Gasteiger partial charge is 0.488 e. The quantitative estimate of drug-likeness (QED) is 0.805. The van der Waals surface area contributed by atoms with Crippen molar-refractivity contribution in [3.63, 3.8) is 0 Å². The monoisotopic (exact) mass is 280 g/mol. The standard InChI is InChI=1S/C12H9BrO3/c13-6-4-8-7-2-1-3-10(7)16-11(8)9(5-6)12(14)15/h1-2,4-5,7,10H,3H2,(H,14,15)/t7-,10-/m1/s1. The minimum absolute atomic E-state index is 0.0856. The van der Waals surface area contributed by atoms with Crippen LogP contribution in [0.1, 0.15) is 28.3 Å². The van der Waals surface area contributed by atoms with E-state index in [0.29, 0.717) is 5.75 Å². The van der Waals surface area contributed by atoms with Gasteiger partial charge < -0.3 is 9.84 Å². The molecule has 1 aliphatic heterocycles. The van der Waals surface area contributed by atoms with Crippen molar-refractivity contribution in [2.24, 2.45) is 0 Å². The fourth-order valence-electron chi connectivity index (χ4n) is 2.36. The van der Waals surface area contributed by atoms with Crippen LogP contribution in [-0.2, 0) is 0 Å². The first kappa shape index (κ1) is 9.90. The van der Waals surface area contributed by atoms with E-state index in [0.717, 1.165) is 16.5 Å². The Kier molecular flexibility index (Phi) is 2.07. The molecule has 1 N–H and O–H groups in total. The Morgan fingerprint density at radius 2 is 2.31 bits per heavy atom. The van der Waals surface area contributed by atoms with Gasteiger partial charge in [-0.2, -0.15) is 0 Å². The molecule has 0 amide bonds. The maximum absolute atomic E-state index is 11.1. The first-order chi connectivity index (χ1) is 7.66. The molecule has 0 spiro atoms. The highest BCUT2D eigenvalue weighted by molar-refractivity contribution is 9.10. The topological polar surface area (TPSA) is 46.5 Å². The Bertz CT molecular complexity index is 507. The summed E-state index contributed by atoms with van der Waals surface area (Å²) in [5.74, 6) is -0.192. The van der Waals surface area contributed by atoms with Crippen LogP contribution in [0.5, 0.6) is 5.75 Å². The number of aromatic carboxylic acids is 1. The zero-order chi connectivity index (χ0) is 11.3. The van der Waals surface area contributed by atoms with E-state index in [2.05, 4.69) is 28.1 Å². The van der Waals surface area contributed by atoms with Gasteiger partial charge in [-0.15, -0.1) is 0 Å². The molecule has 1 heterocycles. The van der Waals surface area contributed by atoms with Gasteiger partial charge in [0.1, 0.15) is 17.4 Å². The zero-order valence-corrected chi connectivity index (χ0v) is 9.90. The van der Waals surface area contributed by atoms with Crippen LogP contribution >= 0.6 is 15.9 Å². The third-order valence-electron chi connectivity index (χ3n) is 3.05. The Labute approximate surface area is 101 Å². The molecule has 2 aliphatic rings. The van der Waals surface area contributed by atoms with Crippen molar-refractivity contribution in [3.05, 3.63) is 39.9 Å². The van der Waals surface area contributed by atoms with Crippen molar-refractivity contribution >= 4 is 21.9 Å². The van der Waals surface area contributed by atoms with E-state index < -0.39 is 5.97 Å². The second-order valence-electron chi connectivity index (χ2n) is 4.02. The van der Waals surface area contributed by atoms with E-state index in [4.69, 9.17) is 9.84 Å². The number of carbonyl (C=O) groups is 1. The van der Waals surface area contributed by atoms with Crippen molar-refractivity contribution in [1.29, 1.82) is 0 Å². The van der Waals surface area contributed by atoms with E-state index in [-0.39, 0.29) is 17.6 Å². The maximum Gasteiger partial charge on any atom is 0.339 e. The molecule has 3 nitrogen and oxygen atoms in total. The first-order valence-corrected chi connectivity index (χ1v) is 5.86. The molecule has 0 aromatic heterocycles. The second-order valence-corrected chi connectivity index (χ2v) is 4.94. The van der Waals surface area contributed by atoms with Crippen LogP contribution in [0.4, 0.5) is 0 Å². The van der Waals surface area contributed by atoms with Crippen molar-refractivity contribution in [3.8, 4) is 5.75 Å². The van der Waals surface area contributed by atoms with Gasteiger partial charge in [-0.25, -0.2) is 4.79 Å². The summed E-state index contributed by atoms with van der Waals surface area (Å²) in [7, 11) is 0. The van der Waals surface area contributed by atoms with Crippen molar-refractivity contribution < 1.29 is 14.6 Å². The van der Waals surface area contributed by atoms with Crippen LogP contribution < -0.4 is 4.74 Å². The van der Waals surface area contributed by atoms with E-state index in [1.54, 1.807) is 6.07 Å². The smallest absolute Gasteiger partial charge is 0.339 e. The minimum Gasteiger partial charge on any atom is -0.488 e. The molecule has 1 aromatic carbocycles. The predicted molar refractivity (Wildman–Crippen MR) is 62.0 cm³/mol. The van der Waals surface area contributed by atoms with Crippen LogP contribution in [0.3, 0.4) is 0 Å². The average molecular weight is 281 g/mol. The van der Waals surface area contributed by atoms with Gasteiger partial charge in [-0.1, -0.05) is 28.1 Å². The minimum atomic E-state index is -0.943. The number of benzene rings is 1. The summed E-state index contributed by atoms with van der Waals surface area (Å²) in [5.41, 5.74) is 1.22. The third kappa shape index (κ3) is 1.29. The summed E-state index contributed by atoms with van der Waals surface area (Å²) in [4.78, 5) is 11.1. The summed E-state index contributed by atoms with van der Waals surface area (Å²) in [6.45, 7) is 0.